The zero-order valence-electron chi connectivity index (χ0n) is 8.13. The molecular weight excluding hydrogens is 180 g/mol. The Bertz CT molecular complexity index is 272. The molecule has 13 heavy (non-hydrogen) atoms. The molecule has 0 aromatic carbocycles. The third-order valence-corrected chi connectivity index (χ3v) is 3.40. The average Bonchev–Trinajstić information content (AvgIpc) is 2.43. The molecule has 1 aromatic rings. The Balaban J connectivity index is 2.84. The summed E-state index contributed by atoms with van der Waals surface area (Å²) < 4.78 is 0. The Labute approximate surface area is 83.4 Å². The topological polar surface area (TPSA) is 38.0 Å². The minimum Gasteiger partial charge on any atom is -0.271 e. The molecule has 0 radical (unpaired) electrons. The fourth-order valence-corrected chi connectivity index (χ4v) is 2.32. The van der Waals surface area contributed by atoms with Crippen molar-refractivity contribution in [2.75, 3.05) is 0 Å². The van der Waals surface area contributed by atoms with Gasteiger partial charge in [0.15, 0.2) is 0 Å². The van der Waals surface area contributed by atoms with Gasteiger partial charge in [-0.1, -0.05) is 6.08 Å². The molecule has 3 N–H and O–H groups in total. The number of thiophene rings is 1. The molecule has 0 spiro atoms. The van der Waals surface area contributed by atoms with E-state index in [9.17, 15) is 0 Å². The van der Waals surface area contributed by atoms with Gasteiger partial charge in [0.2, 0.25) is 0 Å². The summed E-state index contributed by atoms with van der Waals surface area (Å²) in [4.78, 5) is 2.65. The van der Waals surface area contributed by atoms with Crippen molar-refractivity contribution in [3.8, 4) is 0 Å². The molecule has 1 heterocycles. The first-order valence-electron chi connectivity index (χ1n) is 4.33. The quantitative estimate of drug-likeness (QED) is 0.441. The highest BCUT2D eigenvalue weighted by Crippen LogP contribution is 2.27. The fourth-order valence-electron chi connectivity index (χ4n) is 1.21. The zero-order chi connectivity index (χ0) is 9.84. The van der Waals surface area contributed by atoms with Crippen LogP contribution in [0, 0.1) is 13.8 Å². The van der Waals surface area contributed by atoms with Crippen LogP contribution in [-0.2, 0) is 0 Å². The van der Waals surface area contributed by atoms with Crippen molar-refractivity contribution in [3.63, 3.8) is 0 Å². The number of nitrogens with two attached hydrogens (primary N) is 1. The predicted octanol–water partition coefficient (Wildman–Crippen LogP) is 2.45. The van der Waals surface area contributed by atoms with E-state index in [4.69, 9.17) is 5.84 Å². The molecule has 0 aliphatic rings. The van der Waals surface area contributed by atoms with E-state index in [-0.39, 0.29) is 6.04 Å². The van der Waals surface area contributed by atoms with E-state index in [1.54, 1.807) is 11.3 Å². The summed E-state index contributed by atoms with van der Waals surface area (Å²) in [5, 5.41) is 0. The molecule has 3 heteroatoms. The largest absolute Gasteiger partial charge is 0.271 e. The van der Waals surface area contributed by atoms with Crippen LogP contribution in [0.4, 0.5) is 0 Å². The van der Waals surface area contributed by atoms with Gasteiger partial charge in [0.1, 0.15) is 0 Å². The van der Waals surface area contributed by atoms with E-state index in [1.807, 2.05) is 6.08 Å². The summed E-state index contributed by atoms with van der Waals surface area (Å²) in [6, 6.07) is 2.41. The summed E-state index contributed by atoms with van der Waals surface area (Å²) >= 11 is 1.80. The highest BCUT2D eigenvalue weighted by Gasteiger charge is 2.11. The summed E-state index contributed by atoms with van der Waals surface area (Å²) in [6.07, 6.45) is 2.75. The maximum absolute atomic E-state index is 5.46. The average molecular weight is 196 g/mol. The van der Waals surface area contributed by atoms with Gasteiger partial charge in [-0.2, -0.15) is 0 Å². The molecule has 0 saturated heterocycles. The molecule has 0 fully saturated rings. The maximum Gasteiger partial charge on any atom is 0.0587 e. The van der Waals surface area contributed by atoms with Gasteiger partial charge >= 0.3 is 0 Å². The van der Waals surface area contributed by atoms with Crippen molar-refractivity contribution >= 4 is 11.3 Å². The van der Waals surface area contributed by atoms with Crippen LogP contribution in [0.3, 0.4) is 0 Å². The second kappa shape index (κ2) is 4.56. The monoisotopic (exact) mass is 196 g/mol. The van der Waals surface area contributed by atoms with Gasteiger partial charge in [-0.05, 0) is 31.9 Å². The smallest absolute Gasteiger partial charge is 0.0587 e. The standard InChI is InChI=1S/C10H16N2S/c1-4-5-9(12-11)10-6-7(2)8(3)13-10/h4,6,9,12H,1,5,11H2,2-3H3. The van der Waals surface area contributed by atoms with Crippen molar-refractivity contribution < 1.29 is 0 Å². The van der Waals surface area contributed by atoms with Gasteiger partial charge in [0, 0.05) is 9.75 Å². The molecule has 0 aliphatic carbocycles. The summed E-state index contributed by atoms with van der Waals surface area (Å²) in [5.74, 6) is 5.46. The molecule has 1 atom stereocenters. The Kier molecular flexibility index (Phi) is 3.66. The first-order chi connectivity index (χ1) is 6.19. The predicted molar refractivity (Wildman–Crippen MR) is 58.7 cm³/mol. The number of nitrogens with one attached hydrogen (secondary N) is 1. The lowest BCUT2D eigenvalue weighted by Crippen LogP contribution is -2.26. The van der Waals surface area contributed by atoms with Gasteiger partial charge < -0.3 is 0 Å². The third-order valence-electron chi connectivity index (χ3n) is 2.13. The lowest BCUT2D eigenvalue weighted by Gasteiger charge is -2.10. The molecule has 1 unspecified atom stereocenters. The summed E-state index contributed by atoms with van der Waals surface area (Å²) in [7, 11) is 0. The molecule has 2 nitrogen and oxygen atoms in total. The van der Waals surface area contributed by atoms with Gasteiger partial charge in [-0.25, -0.2) is 0 Å². The van der Waals surface area contributed by atoms with Crippen LogP contribution in [0.1, 0.15) is 27.8 Å². The van der Waals surface area contributed by atoms with E-state index >= 15 is 0 Å². The van der Waals surface area contributed by atoms with Crippen LogP contribution in [-0.4, -0.2) is 0 Å². The van der Waals surface area contributed by atoms with Crippen LogP contribution in [0.25, 0.3) is 0 Å². The summed E-state index contributed by atoms with van der Waals surface area (Å²) in [5.41, 5.74) is 4.14. The molecule has 1 rings (SSSR count). The number of hydrogen-bond donors (Lipinski definition) is 2. The van der Waals surface area contributed by atoms with Crippen molar-refractivity contribution in [1.82, 2.24) is 5.43 Å². The normalized spacial score (nSPS) is 12.8. The van der Waals surface area contributed by atoms with Crippen LogP contribution < -0.4 is 11.3 Å². The number of hydrazine groups is 1. The molecule has 72 valence electrons. The first kappa shape index (κ1) is 10.4. The Morgan fingerprint density at radius 2 is 2.38 bits per heavy atom. The fraction of sp³-hybridized carbons (Fsp3) is 0.400. The van der Waals surface area contributed by atoms with E-state index in [0.29, 0.717) is 0 Å². The van der Waals surface area contributed by atoms with E-state index in [1.165, 1.54) is 15.3 Å². The number of aryl methyl sites for hydroxylation is 2. The molecule has 0 amide bonds. The third kappa shape index (κ3) is 2.40. The van der Waals surface area contributed by atoms with E-state index < -0.39 is 0 Å². The maximum atomic E-state index is 5.46. The highest BCUT2D eigenvalue weighted by atomic mass is 32.1. The Morgan fingerprint density at radius 3 is 2.77 bits per heavy atom. The minimum absolute atomic E-state index is 0.217. The van der Waals surface area contributed by atoms with Crippen LogP contribution in [0.2, 0.25) is 0 Å². The Morgan fingerprint density at radius 1 is 1.69 bits per heavy atom. The van der Waals surface area contributed by atoms with Gasteiger partial charge in [-0.3, -0.25) is 11.3 Å². The second-order valence-electron chi connectivity index (χ2n) is 3.13. The second-order valence-corrected chi connectivity index (χ2v) is 4.42. The van der Waals surface area contributed by atoms with E-state index in [0.717, 1.165) is 6.42 Å². The van der Waals surface area contributed by atoms with Gasteiger partial charge in [0.05, 0.1) is 6.04 Å². The summed E-state index contributed by atoms with van der Waals surface area (Å²) in [6.45, 7) is 7.96. The number of hydrogen-bond acceptors (Lipinski definition) is 3. The first-order valence-corrected chi connectivity index (χ1v) is 5.14. The number of rotatable bonds is 4. The van der Waals surface area contributed by atoms with Crippen LogP contribution >= 0.6 is 11.3 Å². The van der Waals surface area contributed by atoms with Crippen molar-refractivity contribution in [2.45, 2.75) is 26.3 Å². The van der Waals surface area contributed by atoms with Crippen LogP contribution in [0.15, 0.2) is 18.7 Å². The van der Waals surface area contributed by atoms with Crippen LogP contribution in [0.5, 0.6) is 0 Å². The lowest BCUT2D eigenvalue weighted by atomic mass is 10.1. The van der Waals surface area contributed by atoms with Crippen molar-refractivity contribution in [2.24, 2.45) is 5.84 Å². The van der Waals surface area contributed by atoms with E-state index in [2.05, 4.69) is 31.9 Å². The Hall–Kier alpha value is -0.640. The van der Waals surface area contributed by atoms with Crippen molar-refractivity contribution in [1.29, 1.82) is 0 Å². The van der Waals surface area contributed by atoms with Gasteiger partial charge in [-0.15, -0.1) is 17.9 Å². The molecule has 1 aromatic heterocycles. The minimum atomic E-state index is 0.217. The lowest BCUT2D eigenvalue weighted by molar-refractivity contribution is 0.570. The molecule has 0 aliphatic heterocycles. The zero-order valence-corrected chi connectivity index (χ0v) is 8.95. The SMILES string of the molecule is C=CCC(NN)c1cc(C)c(C)s1. The van der Waals surface area contributed by atoms with Gasteiger partial charge in [0.25, 0.3) is 0 Å². The molecule has 0 saturated carbocycles. The van der Waals surface area contributed by atoms with Crippen molar-refractivity contribution in [3.05, 3.63) is 34.0 Å². The highest BCUT2D eigenvalue weighted by molar-refractivity contribution is 7.12. The molecular formula is C10H16N2S. The molecule has 0 bridgehead atoms.